The molecule has 2 aromatic carbocycles. The second kappa shape index (κ2) is 9.19. The first-order valence-electron chi connectivity index (χ1n) is 7.30. The number of halogens is 3. The Labute approximate surface area is 157 Å². The van der Waals surface area contributed by atoms with Crippen LogP contribution in [0.5, 0.6) is 11.5 Å². The molecule has 1 N–H and O–H groups in total. The first-order valence-corrected chi connectivity index (χ1v) is 8.43. The Morgan fingerprint density at radius 2 is 1.79 bits per heavy atom. The molecular weight excluding hydrogens is 369 g/mol. The largest absolute Gasteiger partial charge is 0.493 e. The summed E-state index contributed by atoms with van der Waals surface area (Å²) >= 11 is 18.3. The van der Waals surface area contributed by atoms with Crippen molar-refractivity contribution in [2.75, 3.05) is 13.7 Å². The van der Waals surface area contributed by atoms with E-state index >= 15 is 0 Å². The molecule has 24 heavy (non-hydrogen) atoms. The lowest BCUT2D eigenvalue weighted by Crippen LogP contribution is -2.12. The van der Waals surface area contributed by atoms with Crippen molar-refractivity contribution in [1.29, 1.82) is 0 Å². The Bertz CT molecular complexity index is 720. The molecule has 0 saturated heterocycles. The molecule has 6 heteroatoms. The smallest absolute Gasteiger partial charge is 0.180 e. The van der Waals surface area contributed by atoms with E-state index < -0.39 is 0 Å². The standard InChI is InChI=1S/C18H18Cl3NO2/c1-3-6-22-10-13-8-16(21)18(17(9-13)23-2)24-11-12-4-5-14(19)15(20)7-12/h3-5,7-9,22H,1,6,10-11H2,2H3. The fourth-order valence-corrected chi connectivity index (χ4v) is 2.73. The first-order chi connectivity index (χ1) is 11.5. The van der Waals surface area contributed by atoms with E-state index in [1.54, 1.807) is 25.3 Å². The summed E-state index contributed by atoms with van der Waals surface area (Å²) in [5.74, 6) is 1.08. The maximum Gasteiger partial charge on any atom is 0.180 e. The molecule has 0 aromatic heterocycles. The molecule has 0 aliphatic carbocycles. The summed E-state index contributed by atoms with van der Waals surface area (Å²) in [6.45, 7) is 5.36. The SMILES string of the molecule is C=CCNCc1cc(Cl)c(OCc2ccc(Cl)c(Cl)c2)c(OC)c1. The summed E-state index contributed by atoms with van der Waals surface area (Å²) < 4.78 is 11.2. The van der Waals surface area contributed by atoms with Crippen LogP contribution >= 0.6 is 34.8 Å². The highest BCUT2D eigenvalue weighted by Crippen LogP contribution is 2.37. The van der Waals surface area contributed by atoms with Gasteiger partial charge in [-0.25, -0.2) is 0 Å². The average molecular weight is 387 g/mol. The lowest BCUT2D eigenvalue weighted by Gasteiger charge is -2.15. The van der Waals surface area contributed by atoms with Crippen LogP contribution in [0.1, 0.15) is 11.1 Å². The third kappa shape index (κ3) is 5.05. The molecule has 2 rings (SSSR count). The molecule has 3 nitrogen and oxygen atoms in total. The highest BCUT2D eigenvalue weighted by atomic mass is 35.5. The molecule has 0 aliphatic rings. The lowest BCUT2D eigenvalue weighted by atomic mass is 10.2. The number of ether oxygens (including phenoxy) is 2. The van der Waals surface area contributed by atoms with Crippen molar-refractivity contribution in [3.05, 3.63) is 69.2 Å². The second-order valence-corrected chi connectivity index (χ2v) is 6.29. The van der Waals surface area contributed by atoms with Crippen molar-refractivity contribution < 1.29 is 9.47 Å². The Morgan fingerprint density at radius 3 is 2.46 bits per heavy atom. The van der Waals surface area contributed by atoms with Gasteiger partial charge < -0.3 is 14.8 Å². The van der Waals surface area contributed by atoms with Gasteiger partial charge in [-0.3, -0.25) is 0 Å². The molecule has 0 unspecified atom stereocenters. The van der Waals surface area contributed by atoms with E-state index in [0.29, 0.717) is 39.7 Å². The summed E-state index contributed by atoms with van der Waals surface area (Å²) in [6, 6.07) is 9.09. The Morgan fingerprint density at radius 1 is 1.04 bits per heavy atom. The quantitative estimate of drug-likeness (QED) is 0.479. The molecule has 0 radical (unpaired) electrons. The molecule has 128 valence electrons. The van der Waals surface area contributed by atoms with E-state index in [0.717, 1.165) is 17.7 Å². The van der Waals surface area contributed by atoms with Gasteiger partial charge in [0.15, 0.2) is 11.5 Å². The van der Waals surface area contributed by atoms with Crippen LogP contribution in [0.15, 0.2) is 43.0 Å². The van der Waals surface area contributed by atoms with Crippen LogP contribution in [0.3, 0.4) is 0 Å². The van der Waals surface area contributed by atoms with Gasteiger partial charge in [0.2, 0.25) is 0 Å². The van der Waals surface area contributed by atoms with Crippen molar-refractivity contribution in [3.63, 3.8) is 0 Å². The lowest BCUT2D eigenvalue weighted by molar-refractivity contribution is 0.284. The van der Waals surface area contributed by atoms with E-state index in [2.05, 4.69) is 11.9 Å². The van der Waals surface area contributed by atoms with E-state index in [1.165, 1.54) is 0 Å². The fraction of sp³-hybridized carbons (Fsp3) is 0.222. The minimum atomic E-state index is 0.307. The number of nitrogens with one attached hydrogen (secondary N) is 1. The van der Waals surface area contributed by atoms with Gasteiger partial charge in [0, 0.05) is 13.1 Å². The maximum absolute atomic E-state index is 6.35. The normalized spacial score (nSPS) is 10.5. The maximum atomic E-state index is 6.35. The molecule has 0 spiro atoms. The van der Waals surface area contributed by atoms with Gasteiger partial charge in [-0.05, 0) is 35.4 Å². The van der Waals surface area contributed by atoms with Gasteiger partial charge in [0.25, 0.3) is 0 Å². The number of rotatable bonds is 8. The van der Waals surface area contributed by atoms with E-state index in [9.17, 15) is 0 Å². The van der Waals surface area contributed by atoms with Crippen molar-refractivity contribution >= 4 is 34.8 Å². The van der Waals surface area contributed by atoms with Gasteiger partial charge >= 0.3 is 0 Å². The fourth-order valence-electron chi connectivity index (χ4n) is 2.12. The average Bonchev–Trinajstić information content (AvgIpc) is 2.56. The van der Waals surface area contributed by atoms with Gasteiger partial charge in [0.05, 0.1) is 22.2 Å². The first kappa shape index (κ1) is 18.9. The van der Waals surface area contributed by atoms with Crippen LogP contribution in [-0.4, -0.2) is 13.7 Å². The van der Waals surface area contributed by atoms with Crippen LogP contribution in [-0.2, 0) is 13.2 Å². The summed E-state index contributed by atoms with van der Waals surface area (Å²) in [6.07, 6.45) is 1.80. The van der Waals surface area contributed by atoms with Crippen LogP contribution < -0.4 is 14.8 Å². The Hall–Kier alpha value is -1.39. The topological polar surface area (TPSA) is 30.5 Å². The molecule has 0 bridgehead atoms. The van der Waals surface area contributed by atoms with Crippen molar-refractivity contribution in [2.24, 2.45) is 0 Å². The highest BCUT2D eigenvalue weighted by molar-refractivity contribution is 6.42. The van der Waals surface area contributed by atoms with E-state index in [1.807, 2.05) is 18.2 Å². The van der Waals surface area contributed by atoms with Gasteiger partial charge in [-0.15, -0.1) is 6.58 Å². The molecule has 0 fully saturated rings. The van der Waals surface area contributed by atoms with Crippen LogP contribution in [0.2, 0.25) is 15.1 Å². The van der Waals surface area contributed by atoms with Crippen molar-refractivity contribution in [1.82, 2.24) is 5.32 Å². The molecule has 0 heterocycles. The van der Waals surface area contributed by atoms with Crippen LogP contribution in [0, 0.1) is 0 Å². The number of benzene rings is 2. The molecule has 0 aliphatic heterocycles. The third-order valence-corrected chi connectivity index (χ3v) is 4.29. The zero-order valence-electron chi connectivity index (χ0n) is 13.2. The zero-order chi connectivity index (χ0) is 17.5. The molecule has 2 aromatic rings. The molecular formula is C18H18Cl3NO2. The van der Waals surface area contributed by atoms with E-state index in [-0.39, 0.29) is 0 Å². The third-order valence-electron chi connectivity index (χ3n) is 3.27. The predicted octanol–water partition coefficient (Wildman–Crippen LogP) is 5.51. The number of hydrogen-bond acceptors (Lipinski definition) is 3. The summed E-state index contributed by atoms with van der Waals surface area (Å²) in [5.41, 5.74) is 1.89. The highest BCUT2D eigenvalue weighted by Gasteiger charge is 2.12. The van der Waals surface area contributed by atoms with Gasteiger partial charge in [0.1, 0.15) is 6.61 Å². The summed E-state index contributed by atoms with van der Waals surface area (Å²) in [5, 5.41) is 4.70. The molecule has 0 saturated carbocycles. The number of methoxy groups -OCH3 is 1. The molecule has 0 atom stereocenters. The zero-order valence-corrected chi connectivity index (χ0v) is 15.5. The second-order valence-electron chi connectivity index (χ2n) is 5.07. The Balaban J connectivity index is 2.13. The van der Waals surface area contributed by atoms with Crippen molar-refractivity contribution in [3.8, 4) is 11.5 Å². The predicted molar refractivity (Wildman–Crippen MR) is 101 cm³/mol. The van der Waals surface area contributed by atoms with Gasteiger partial charge in [-0.2, -0.15) is 0 Å². The van der Waals surface area contributed by atoms with Crippen molar-refractivity contribution in [2.45, 2.75) is 13.2 Å². The van der Waals surface area contributed by atoms with Crippen LogP contribution in [0.25, 0.3) is 0 Å². The minimum absolute atomic E-state index is 0.307. The number of hydrogen-bond donors (Lipinski definition) is 1. The monoisotopic (exact) mass is 385 g/mol. The molecule has 0 amide bonds. The summed E-state index contributed by atoms with van der Waals surface area (Å²) in [7, 11) is 1.58. The minimum Gasteiger partial charge on any atom is -0.493 e. The van der Waals surface area contributed by atoms with E-state index in [4.69, 9.17) is 44.3 Å². The Kier molecular flexibility index (Phi) is 7.25. The van der Waals surface area contributed by atoms with Crippen LogP contribution in [0.4, 0.5) is 0 Å². The van der Waals surface area contributed by atoms with Gasteiger partial charge in [-0.1, -0.05) is 46.9 Å². The summed E-state index contributed by atoms with van der Waals surface area (Å²) in [4.78, 5) is 0.